The third kappa shape index (κ3) is 3.34. The fourth-order valence-electron chi connectivity index (χ4n) is 2.36. The molecular formula is C18H11F4N3O. The zero-order chi connectivity index (χ0) is 18.8. The average Bonchev–Trinajstić information content (AvgIpc) is 2.58. The molecule has 0 radical (unpaired) electrons. The van der Waals surface area contributed by atoms with Crippen LogP contribution < -0.4 is 11.1 Å². The van der Waals surface area contributed by atoms with Crippen molar-refractivity contribution in [2.24, 2.45) is 5.73 Å². The molecule has 0 aliphatic rings. The number of nitrogens with two attached hydrogens (primary N) is 1. The molecule has 3 aromatic rings. The number of halogens is 4. The Hall–Kier alpha value is -3.42. The molecule has 1 heterocycles. The van der Waals surface area contributed by atoms with Crippen LogP contribution in [0.2, 0.25) is 0 Å². The van der Waals surface area contributed by atoms with E-state index in [0.29, 0.717) is 6.07 Å². The molecule has 132 valence electrons. The highest BCUT2D eigenvalue weighted by Gasteiger charge is 2.18. The molecule has 1 aromatic heterocycles. The summed E-state index contributed by atoms with van der Waals surface area (Å²) in [6, 6.07) is 8.48. The normalized spacial score (nSPS) is 10.6. The molecule has 4 nitrogen and oxygen atoms in total. The van der Waals surface area contributed by atoms with Crippen LogP contribution >= 0.6 is 0 Å². The first-order valence-corrected chi connectivity index (χ1v) is 7.34. The summed E-state index contributed by atoms with van der Waals surface area (Å²) >= 11 is 0. The average molecular weight is 361 g/mol. The lowest BCUT2D eigenvalue weighted by atomic mass is 10.0. The molecule has 0 spiro atoms. The summed E-state index contributed by atoms with van der Waals surface area (Å²) in [7, 11) is 0. The molecule has 0 saturated carbocycles. The van der Waals surface area contributed by atoms with E-state index in [4.69, 9.17) is 5.73 Å². The van der Waals surface area contributed by atoms with Crippen LogP contribution in [0.25, 0.3) is 11.3 Å². The molecule has 0 saturated heterocycles. The largest absolute Gasteiger partial charge is 0.366 e. The minimum absolute atomic E-state index is 0.0577. The lowest BCUT2D eigenvalue weighted by Crippen LogP contribution is -2.14. The number of carbonyl (C=O) groups is 1. The minimum atomic E-state index is -0.964. The van der Waals surface area contributed by atoms with E-state index in [1.807, 2.05) is 0 Å². The Balaban J connectivity index is 2.11. The summed E-state index contributed by atoms with van der Waals surface area (Å²) in [6.45, 7) is 0. The van der Waals surface area contributed by atoms with E-state index in [1.54, 1.807) is 0 Å². The van der Waals surface area contributed by atoms with Crippen molar-refractivity contribution >= 4 is 17.4 Å². The predicted octanol–water partition coefficient (Wildman–Crippen LogP) is 4.15. The van der Waals surface area contributed by atoms with Crippen molar-refractivity contribution in [3.63, 3.8) is 0 Å². The number of para-hydroxylation sites is 1. The minimum Gasteiger partial charge on any atom is -0.366 e. The molecule has 2 aromatic carbocycles. The Kier molecular flexibility index (Phi) is 4.57. The first-order valence-electron chi connectivity index (χ1n) is 7.34. The number of pyridine rings is 1. The van der Waals surface area contributed by atoms with E-state index in [9.17, 15) is 22.4 Å². The molecule has 0 aliphatic heterocycles. The Morgan fingerprint density at radius 1 is 0.923 bits per heavy atom. The van der Waals surface area contributed by atoms with Gasteiger partial charge in [0.1, 0.15) is 34.8 Å². The molecule has 1 amide bonds. The predicted molar refractivity (Wildman–Crippen MR) is 87.7 cm³/mol. The van der Waals surface area contributed by atoms with Crippen LogP contribution in [0.5, 0.6) is 0 Å². The van der Waals surface area contributed by atoms with E-state index >= 15 is 0 Å². The van der Waals surface area contributed by atoms with Gasteiger partial charge < -0.3 is 11.1 Å². The molecule has 0 unspecified atom stereocenters. The second kappa shape index (κ2) is 6.83. The number of nitrogens with zero attached hydrogens (tertiary/aromatic N) is 1. The quantitative estimate of drug-likeness (QED) is 0.686. The van der Waals surface area contributed by atoms with E-state index in [1.165, 1.54) is 18.2 Å². The van der Waals surface area contributed by atoms with Crippen molar-refractivity contribution in [2.45, 2.75) is 0 Å². The number of primary amides is 1. The van der Waals surface area contributed by atoms with Gasteiger partial charge in [-0.1, -0.05) is 6.07 Å². The van der Waals surface area contributed by atoms with Gasteiger partial charge in [-0.25, -0.2) is 22.5 Å². The number of anilines is 2. The van der Waals surface area contributed by atoms with Crippen LogP contribution in [0.3, 0.4) is 0 Å². The highest BCUT2D eigenvalue weighted by Crippen LogP contribution is 2.29. The van der Waals surface area contributed by atoms with Gasteiger partial charge in [0.2, 0.25) is 0 Å². The summed E-state index contributed by atoms with van der Waals surface area (Å²) < 4.78 is 54.8. The molecule has 0 fully saturated rings. The van der Waals surface area contributed by atoms with Gasteiger partial charge in [-0.3, -0.25) is 4.79 Å². The number of aromatic nitrogens is 1. The van der Waals surface area contributed by atoms with Gasteiger partial charge in [-0.05, 0) is 36.4 Å². The molecule has 0 atom stereocenters. The topological polar surface area (TPSA) is 68.0 Å². The third-order valence-corrected chi connectivity index (χ3v) is 3.56. The summed E-state index contributed by atoms with van der Waals surface area (Å²) in [4.78, 5) is 15.6. The van der Waals surface area contributed by atoms with Gasteiger partial charge in [0.25, 0.3) is 5.91 Å². The van der Waals surface area contributed by atoms with Crippen LogP contribution in [-0.2, 0) is 0 Å². The Bertz CT molecular complexity index is 987. The van der Waals surface area contributed by atoms with Crippen molar-refractivity contribution < 1.29 is 22.4 Å². The number of hydrogen-bond donors (Lipinski definition) is 2. The fourth-order valence-corrected chi connectivity index (χ4v) is 2.36. The maximum atomic E-state index is 14.1. The van der Waals surface area contributed by atoms with Gasteiger partial charge >= 0.3 is 0 Å². The molecule has 3 rings (SSSR count). The van der Waals surface area contributed by atoms with Crippen LogP contribution in [0.4, 0.5) is 29.1 Å². The van der Waals surface area contributed by atoms with Crippen molar-refractivity contribution in [2.75, 3.05) is 5.32 Å². The second-order valence-electron chi connectivity index (χ2n) is 5.30. The number of carbonyl (C=O) groups excluding carboxylic acids is 1. The number of amides is 1. The van der Waals surface area contributed by atoms with Crippen molar-refractivity contribution in [1.29, 1.82) is 0 Å². The van der Waals surface area contributed by atoms with Crippen LogP contribution in [0.1, 0.15) is 10.4 Å². The summed E-state index contributed by atoms with van der Waals surface area (Å²) in [5.74, 6) is -4.44. The van der Waals surface area contributed by atoms with Gasteiger partial charge in [0.05, 0.1) is 11.3 Å². The molecule has 0 bridgehead atoms. The number of benzene rings is 2. The highest BCUT2D eigenvalue weighted by atomic mass is 19.1. The Morgan fingerprint density at radius 2 is 1.62 bits per heavy atom. The zero-order valence-corrected chi connectivity index (χ0v) is 13.1. The van der Waals surface area contributed by atoms with Crippen LogP contribution in [0, 0.1) is 23.3 Å². The highest BCUT2D eigenvalue weighted by molar-refractivity contribution is 5.99. The lowest BCUT2D eigenvalue weighted by Gasteiger charge is -2.12. The Morgan fingerprint density at radius 3 is 2.23 bits per heavy atom. The Labute approximate surface area is 145 Å². The lowest BCUT2D eigenvalue weighted by molar-refractivity contribution is 0.100. The third-order valence-electron chi connectivity index (χ3n) is 3.56. The first kappa shape index (κ1) is 17.4. The monoisotopic (exact) mass is 361 g/mol. The number of rotatable bonds is 4. The summed E-state index contributed by atoms with van der Waals surface area (Å²) in [5.41, 5.74) is 4.31. The standard InChI is InChI=1S/C18H11F4N3O/c19-9-4-5-10(14(22)8-9)16-11(18(23)26)6-7-15(24-16)25-17-12(20)2-1-3-13(17)21/h1-8H,(H2,23,26)(H,24,25). The van der Waals surface area contributed by atoms with Crippen molar-refractivity contribution in [3.8, 4) is 11.3 Å². The van der Waals surface area contributed by atoms with E-state index in [0.717, 1.165) is 24.3 Å². The van der Waals surface area contributed by atoms with Crippen LogP contribution in [0.15, 0.2) is 48.5 Å². The molecule has 0 aliphatic carbocycles. The van der Waals surface area contributed by atoms with Crippen molar-refractivity contribution in [1.82, 2.24) is 4.98 Å². The zero-order valence-electron chi connectivity index (χ0n) is 13.1. The van der Waals surface area contributed by atoms with Gasteiger partial charge in [-0.2, -0.15) is 0 Å². The summed E-state index contributed by atoms with van der Waals surface area (Å²) in [5, 5.41) is 2.44. The van der Waals surface area contributed by atoms with E-state index in [2.05, 4.69) is 10.3 Å². The van der Waals surface area contributed by atoms with Crippen molar-refractivity contribution in [3.05, 3.63) is 77.4 Å². The molecular weight excluding hydrogens is 350 g/mol. The van der Waals surface area contributed by atoms with Crippen LogP contribution in [-0.4, -0.2) is 10.9 Å². The number of nitrogens with one attached hydrogen (secondary N) is 1. The van der Waals surface area contributed by atoms with E-state index < -0.39 is 34.9 Å². The maximum Gasteiger partial charge on any atom is 0.250 e. The van der Waals surface area contributed by atoms with Gasteiger partial charge in [0.15, 0.2) is 0 Å². The summed E-state index contributed by atoms with van der Waals surface area (Å²) in [6.07, 6.45) is 0. The fraction of sp³-hybridized carbons (Fsp3) is 0. The maximum absolute atomic E-state index is 14.1. The van der Waals surface area contributed by atoms with Gasteiger partial charge in [0, 0.05) is 11.6 Å². The molecule has 3 N–H and O–H groups in total. The van der Waals surface area contributed by atoms with Gasteiger partial charge in [-0.15, -0.1) is 0 Å². The second-order valence-corrected chi connectivity index (χ2v) is 5.30. The first-order chi connectivity index (χ1) is 12.4. The van der Waals surface area contributed by atoms with E-state index in [-0.39, 0.29) is 22.6 Å². The number of hydrogen-bond acceptors (Lipinski definition) is 3. The molecule has 8 heteroatoms. The smallest absolute Gasteiger partial charge is 0.250 e. The molecule has 26 heavy (non-hydrogen) atoms. The SMILES string of the molecule is NC(=O)c1ccc(Nc2c(F)cccc2F)nc1-c1ccc(F)cc1F.